The number of aryl methyl sites for hydroxylation is 1. The lowest BCUT2D eigenvalue weighted by atomic mass is 10.2. The average molecular weight is 341 g/mol. The first-order valence-corrected chi connectivity index (χ1v) is 8.19. The minimum absolute atomic E-state index is 0.142. The number of nitrogens with one attached hydrogen (secondary N) is 1. The maximum absolute atomic E-state index is 12.3. The van der Waals surface area contributed by atoms with Gasteiger partial charge < -0.3 is 15.0 Å². The molecule has 24 heavy (non-hydrogen) atoms. The van der Waals surface area contributed by atoms with Crippen molar-refractivity contribution in [3.8, 4) is 5.75 Å². The van der Waals surface area contributed by atoms with Gasteiger partial charge in [0.15, 0.2) is 0 Å². The molecule has 1 aliphatic heterocycles. The van der Waals surface area contributed by atoms with Crippen molar-refractivity contribution in [2.24, 2.45) is 0 Å². The molecule has 2 amide bonds. The zero-order valence-electron chi connectivity index (χ0n) is 14.2. The molecular formula is C17H25F2N3O2. The van der Waals surface area contributed by atoms with Gasteiger partial charge in [0.05, 0.1) is 12.6 Å². The summed E-state index contributed by atoms with van der Waals surface area (Å²) >= 11 is 0. The molecule has 0 radical (unpaired) electrons. The van der Waals surface area contributed by atoms with E-state index >= 15 is 0 Å². The summed E-state index contributed by atoms with van der Waals surface area (Å²) in [6.07, 6.45) is -2.33. The number of amides is 2. The Hall–Kier alpha value is -1.89. The molecule has 0 spiro atoms. The number of ether oxygens (including phenoxy) is 1. The van der Waals surface area contributed by atoms with Crippen molar-refractivity contribution in [3.05, 3.63) is 29.8 Å². The van der Waals surface area contributed by atoms with E-state index in [9.17, 15) is 13.6 Å². The predicted octanol–water partition coefficient (Wildman–Crippen LogP) is 2.35. The second-order valence-corrected chi connectivity index (χ2v) is 6.16. The number of urea groups is 1. The Bertz CT molecular complexity index is 534. The highest BCUT2D eigenvalue weighted by molar-refractivity contribution is 5.74. The van der Waals surface area contributed by atoms with Gasteiger partial charge in [-0.3, -0.25) is 4.90 Å². The maximum atomic E-state index is 12.3. The zero-order chi connectivity index (χ0) is 17.5. The molecule has 0 saturated carbocycles. The molecule has 1 heterocycles. The molecule has 0 aromatic heterocycles. The SMILES string of the molecule is Cc1cccc(OC[C@@H](C)NC(=O)N2CCN(CC(F)F)CC2)c1. The Morgan fingerprint density at radius 2 is 2.00 bits per heavy atom. The van der Waals surface area contributed by atoms with Crippen LogP contribution in [0.2, 0.25) is 0 Å². The van der Waals surface area contributed by atoms with Gasteiger partial charge in [-0.05, 0) is 31.5 Å². The fourth-order valence-corrected chi connectivity index (χ4v) is 2.60. The molecule has 1 aromatic carbocycles. The van der Waals surface area contributed by atoms with Crippen molar-refractivity contribution in [2.45, 2.75) is 26.3 Å². The summed E-state index contributed by atoms with van der Waals surface area (Å²) in [7, 11) is 0. The molecule has 1 fully saturated rings. The summed E-state index contributed by atoms with van der Waals surface area (Å²) in [6, 6.07) is 7.42. The highest BCUT2D eigenvalue weighted by Gasteiger charge is 2.23. The van der Waals surface area contributed by atoms with E-state index in [0.717, 1.165) is 11.3 Å². The second-order valence-electron chi connectivity index (χ2n) is 6.16. The quantitative estimate of drug-likeness (QED) is 0.864. The van der Waals surface area contributed by atoms with Gasteiger partial charge in [-0.15, -0.1) is 0 Å². The maximum Gasteiger partial charge on any atom is 0.317 e. The standard InChI is InChI=1S/C17H25F2N3O2/c1-13-4-3-5-15(10-13)24-12-14(2)20-17(23)22-8-6-21(7-9-22)11-16(18)19/h3-5,10,14,16H,6-9,11-12H2,1-2H3,(H,20,23)/t14-/m1/s1. The summed E-state index contributed by atoms with van der Waals surface area (Å²) in [5, 5.41) is 2.89. The molecule has 0 aliphatic carbocycles. The van der Waals surface area contributed by atoms with Crippen LogP contribution in [0.1, 0.15) is 12.5 Å². The molecule has 1 saturated heterocycles. The number of alkyl halides is 2. The fraction of sp³-hybridized carbons (Fsp3) is 0.588. The molecule has 0 bridgehead atoms. The number of hydrogen-bond donors (Lipinski definition) is 1. The van der Waals surface area contributed by atoms with E-state index in [1.54, 1.807) is 9.80 Å². The van der Waals surface area contributed by atoms with E-state index in [-0.39, 0.29) is 18.6 Å². The topological polar surface area (TPSA) is 44.8 Å². The lowest BCUT2D eigenvalue weighted by Gasteiger charge is -2.35. The molecule has 1 aliphatic rings. The molecule has 5 nitrogen and oxygen atoms in total. The minimum atomic E-state index is -2.33. The first-order chi connectivity index (χ1) is 11.4. The van der Waals surface area contributed by atoms with Crippen LogP contribution in [0.25, 0.3) is 0 Å². The van der Waals surface area contributed by atoms with Crippen molar-refractivity contribution in [3.63, 3.8) is 0 Å². The van der Waals surface area contributed by atoms with E-state index < -0.39 is 6.43 Å². The van der Waals surface area contributed by atoms with Crippen LogP contribution < -0.4 is 10.1 Å². The van der Waals surface area contributed by atoms with Crippen LogP contribution in [-0.2, 0) is 0 Å². The Kier molecular flexibility index (Phi) is 6.78. The van der Waals surface area contributed by atoms with E-state index in [0.29, 0.717) is 32.8 Å². The largest absolute Gasteiger partial charge is 0.491 e. The van der Waals surface area contributed by atoms with E-state index in [1.165, 1.54) is 0 Å². The van der Waals surface area contributed by atoms with Crippen LogP contribution in [0, 0.1) is 6.92 Å². The molecule has 1 atom stereocenters. The monoisotopic (exact) mass is 341 g/mol. The van der Waals surface area contributed by atoms with Crippen LogP contribution in [-0.4, -0.2) is 67.6 Å². The van der Waals surface area contributed by atoms with Crippen LogP contribution in [0.15, 0.2) is 24.3 Å². The van der Waals surface area contributed by atoms with Crippen molar-refractivity contribution in [2.75, 3.05) is 39.3 Å². The Balaban J connectivity index is 1.70. The van der Waals surface area contributed by atoms with Crippen molar-refractivity contribution < 1.29 is 18.3 Å². The number of piperazine rings is 1. The number of rotatable bonds is 6. The normalized spacial score (nSPS) is 17.0. The highest BCUT2D eigenvalue weighted by Crippen LogP contribution is 2.12. The van der Waals surface area contributed by atoms with Gasteiger partial charge in [-0.25, -0.2) is 13.6 Å². The minimum Gasteiger partial charge on any atom is -0.491 e. The van der Waals surface area contributed by atoms with Gasteiger partial charge in [0.25, 0.3) is 6.43 Å². The van der Waals surface area contributed by atoms with Crippen molar-refractivity contribution >= 4 is 6.03 Å². The number of carbonyl (C=O) groups is 1. The molecule has 7 heteroatoms. The average Bonchev–Trinajstić information content (AvgIpc) is 2.53. The summed E-state index contributed by atoms with van der Waals surface area (Å²) < 4.78 is 30.4. The number of nitrogens with zero attached hydrogens (tertiary/aromatic N) is 2. The van der Waals surface area contributed by atoms with Crippen molar-refractivity contribution in [1.82, 2.24) is 15.1 Å². The first kappa shape index (κ1) is 18.4. The molecule has 1 aromatic rings. The molecular weight excluding hydrogens is 316 g/mol. The van der Waals surface area contributed by atoms with Gasteiger partial charge in [0.1, 0.15) is 12.4 Å². The molecule has 2 rings (SSSR count). The number of hydrogen-bond acceptors (Lipinski definition) is 3. The molecule has 134 valence electrons. The number of carbonyl (C=O) groups excluding carboxylic acids is 1. The summed E-state index contributed by atoms with van der Waals surface area (Å²) in [5.41, 5.74) is 1.12. The zero-order valence-corrected chi connectivity index (χ0v) is 14.2. The smallest absolute Gasteiger partial charge is 0.317 e. The third-order valence-electron chi connectivity index (χ3n) is 3.92. The van der Waals surface area contributed by atoms with Gasteiger partial charge in [0, 0.05) is 26.2 Å². The fourth-order valence-electron chi connectivity index (χ4n) is 2.60. The predicted molar refractivity (Wildman–Crippen MR) is 88.7 cm³/mol. The molecule has 1 N–H and O–H groups in total. The molecule has 0 unspecified atom stereocenters. The van der Waals surface area contributed by atoms with Gasteiger partial charge in [-0.1, -0.05) is 12.1 Å². The summed E-state index contributed by atoms with van der Waals surface area (Å²) in [5.74, 6) is 0.775. The number of benzene rings is 1. The van der Waals surface area contributed by atoms with Crippen LogP contribution in [0.5, 0.6) is 5.75 Å². The van der Waals surface area contributed by atoms with Gasteiger partial charge in [-0.2, -0.15) is 0 Å². The lowest BCUT2D eigenvalue weighted by molar-refractivity contribution is 0.0631. The van der Waals surface area contributed by atoms with E-state index in [4.69, 9.17) is 4.74 Å². The second kappa shape index (κ2) is 8.82. The third-order valence-corrected chi connectivity index (χ3v) is 3.92. The third kappa shape index (κ3) is 5.96. The van der Waals surface area contributed by atoms with Crippen LogP contribution in [0.3, 0.4) is 0 Å². The van der Waals surface area contributed by atoms with Crippen LogP contribution >= 0.6 is 0 Å². The highest BCUT2D eigenvalue weighted by atomic mass is 19.3. The Morgan fingerprint density at radius 3 is 2.62 bits per heavy atom. The van der Waals surface area contributed by atoms with Gasteiger partial charge in [0.2, 0.25) is 0 Å². The Labute approximate surface area is 141 Å². The lowest BCUT2D eigenvalue weighted by Crippen LogP contribution is -2.54. The first-order valence-electron chi connectivity index (χ1n) is 8.19. The van der Waals surface area contributed by atoms with E-state index in [1.807, 2.05) is 38.1 Å². The summed E-state index contributed by atoms with van der Waals surface area (Å²) in [4.78, 5) is 15.5. The summed E-state index contributed by atoms with van der Waals surface area (Å²) in [6.45, 7) is 5.90. The van der Waals surface area contributed by atoms with Crippen LogP contribution in [0.4, 0.5) is 13.6 Å². The van der Waals surface area contributed by atoms with E-state index in [2.05, 4.69) is 5.32 Å². The van der Waals surface area contributed by atoms with Gasteiger partial charge >= 0.3 is 6.03 Å². The Morgan fingerprint density at radius 1 is 1.29 bits per heavy atom. The van der Waals surface area contributed by atoms with Crippen molar-refractivity contribution in [1.29, 1.82) is 0 Å². The number of halogens is 2.